The standard InChI is InChI=1S/C23H27Cl2FN3O9P/c1-4-5-10-35-19(32)12(2)28-39(34)38-20(36-15-7-6-13(24)11-14(15)25)17-18(31)23(3,26)21(37-17)29-9-8-16(30)27-22(29)33/h6-9,11-12,17-18,20-21,31H,4-5,10H2,1-3H3,(H,27,30,33)/t12-,17+,18+,20?,21?,23+/m0/s1. The molecule has 0 bridgehead atoms. The van der Waals surface area contributed by atoms with Crippen molar-refractivity contribution in [2.45, 2.75) is 70.0 Å². The Balaban J connectivity index is 1.92. The number of H-pyrrole nitrogens is 1. The molecule has 3 unspecified atom stereocenters. The molecule has 2 aromatic rings. The number of aromatic nitrogens is 2. The average Bonchev–Trinajstić information content (AvgIpc) is 3.09. The van der Waals surface area contributed by atoms with E-state index in [4.69, 9.17) is 41.9 Å². The van der Waals surface area contributed by atoms with E-state index in [2.05, 4.69) is 4.74 Å². The lowest BCUT2D eigenvalue weighted by Gasteiger charge is -2.25. The molecule has 1 aliphatic heterocycles. The number of nitrogens with one attached hydrogen (secondary N) is 1. The minimum Gasteiger partial charge on any atom is -0.583 e. The fourth-order valence-corrected chi connectivity index (χ4v) is 4.80. The van der Waals surface area contributed by atoms with Gasteiger partial charge in [-0.2, -0.15) is 0 Å². The van der Waals surface area contributed by atoms with E-state index in [9.17, 15) is 24.4 Å². The van der Waals surface area contributed by atoms with Crippen LogP contribution in [-0.2, 0) is 18.8 Å². The summed E-state index contributed by atoms with van der Waals surface area (Å²) in [6.45, 7) is 4.38. The molecule has 2 heterocycles. The monoisotopic (exact) mass is 609 g/mol. The third-order valence-electron chi connectivity index (χ3n) is 5.71. The van der Waals surface area contributed by atoms with Crippen LogP contribution >= 0.6 is 31.4 Å². The first kappa shape index (κ1) is 31.2. The third kappa shape index (κ3) is 7.63. The van der Waals surface area contributed by atoms with Crippen LogP contribution in [0.3, 0.4) is 0 Å². The number of esters is 1. The molecular weight excluding hydrogens is 583 g/mol. The van der Waals surface area contributed by atoms with E-state index in [-0.39, 0.29) is 22.4 Å². The van der Waals surface area contributed by atoms with Crippen LogP contribution in [0, 0.1) is 0 Å². The summed E-state index contributed by atoms with van der Waals surface area (Å²) in [5.41, 5.74) is -4.35. The van der Waals surface area contributed by atoms with Crippen molar-refractivity contribution in [3.63, 3.8) is 0 Å². The largest absolute Gasteiger partial charge is 0.583 e. The number of halogens is 3. The molecule has 214 valence electrons. The molecule has 0 spiro atoms. The van der Waals surface area contributed by atoms with Gasteiger partial charge in [-0.25, -0.2) is 14.0 Å². The summed E-state index contributed by atoms with van der Waals surface area (Å²) in [7, 11) is -3.02. The van der Waals surface area contributed by atoms with Crippen LogP contribution in [0.1, 0.15) is 39.8 Å². The predicted octanol–water partition coefficient (Wildman–Crippen LogP) is 2.84. The number of hydrogen-bond acceptors (Lipinski definition) is 10. The molecule has 1 aliphatic rings. The number of carbonyl (C=O) groups is 1. The molecule has 0 amide bonds. The molecule has 1 aromatic carbocycles. The first-order chi connectivity index (χ1) is 18.3. The zero-order chi connectivity index (χ0) is 28.9. The van der Waals surface area contributed by atoms with Crippen molar-refractivity contribution < 1.29 is 37.9 Å². The van der Waals surface area contributed by atoms with Gasteiger partial charge in [0.2, 0.25) is 0 Å². The highest BCUT2D eigenvalue weighted by Crippen LogP contribution is 2.44. The van der Waals surface area contributed by atoms with Crippen molar-refractivity contribution in [3.8, 4) is 5.75 Å². The second-order valence-electron chi connectivity index (χ2n) is 8.78. The van der Waals surface area contributed by atoms with Gasteiger partial charge in [-0.15, -0.1) is 4.52 Å². The quantitative estimate of drug-likeness (QED) is 0.169. The maximum absolute atomic E-state index is 15.8. The Morgan fingerprint density at radius 2 is 2.10 bits per heavy atom. The third-order valence-corrected chi connectivity index (χ3v) is 7.17. The SMILES string of the molecule is CCCCOC(=O)[C@H](C)N=[P+]([O-])OC(Oc1ccc(Cl)cc1Cl)[C@@H]1OC(n2ccc(=O)[nH]c2=O)[C@](C)(F)[C@@H]1O. The van der Waals surface area contributed by atoms with Gasteiger partial charge in [0.05, 0.1) is 11.6 Å². The second kappa shape index (κ2) is 13.3. The second-order valence-corrected chi connectivity index (χ2v) is 10.5. The van der Waals surface area contributed by atoms with Crippen LogP contribution < -0.4 is 20.9 Å². The van der Waals surface area contributed by atoms with Crippen LogP contribution in [0.25, 0.3) is 0 Å². The predicted molar refractivity (Wildman–Crippen MR) is 137 cm³/mol. The van der Waals surface area contributed by atoms with Crippen LogP contribution in [0.15, 0.2) is 44.8 Å². The van der Waals surface area contributed by atoms with Crippen molar-refractivity contribution in [1.29, 1.82) is 0 Å². The Hall–Kier alpha value is -2.38. The highest BCUT2D eigenvalue weighted by Gasteiger charge is 2.59. The number of carbonyl (C=O) groups excluding carboxylic acids is 1. The van der Waals surface area contributed by atoms with Gasteiger partial charge in [0, 0.05) is 17.3 Å². The fourth-order valence-electron chi connectivity index (χ4n) is 3.57. The Morgan fingerprint density at radius 1 is 1.38 bits per heavy atom. The summed E-state index contributed by atoms with van der Waals surface area (Å²) < 4.78 is 42.1. The Kier molecular flexibility index (Phi) is 10.6. The summed E-state index contributed by atoms with van der Waals surface area (Å²) in [6, 6.07) is 3.89. The number of aromatic amines is 1. The van der Waals surface area contributed by atoms with Gasteiger partial charge in [0.25, 0.3) is 11.8 Å². The first-order valence-electron chi connectivity index (χ1n) is 11.8. The van der Waals surface area contributed by atoms with Gasteiger partial charge < -0.3 is 24.2 Å². The molecule has 39 heavy (non-hydrogen) atoms. The van der Waals surface area contributed by atoms with E-state index in [1.165, 1.54) is 25.1 Å². The first-order valence-corrected chi connectivity index (χ1v) is 13.7. The highest BCUT2D eigenvalue weighted by molar-refractivity contribution is 7.33. The summed E-state index contributed by atoms with van der Waals surface area (Å²) >= 11 is 12.1. The van der Waals surface area contributed by atoms with Crippen molar-refractivity contribution >= 4 is 37.3 Å². The zero-order valence-corrected chi connectivity index (χ0v) is 23.5. The molecule has 7 atom stereocenters. The zero-order valence-electron chi connectivity index (χ0n) is 21.1. The van der Waals surface area contributed by atoms with Crippen molar-refractivity contribution in [2.24, 2.45) is 4.74 Å². The van der Waals surface area contributed by atoms with E-state index in [0.717, 1.165) is 30.2 Å². The molecule has 2 N–H and O–H groups in total. The van der Waals surface area contributed by atoms with Crippen molar-refractivity contribution in [3.05, 3.63) is 61.3 Å². The van der Waals surface area contributed by atoms with E-state index in [0.29, 0.717) is 6.42 Å². The normalized spacial score (nSPS) is 24.8. The number of benzene rings is 1. The van der Waals surface area contributed by atoms with E-state index < -0.39 is 61.8 Å². The summed E-state index contributed by atoms with van der Waals surface area (Å²) in [5, 5.41) is 11.1. The Labute approximate surface area is 233 Å². The summed E-state index contributed by atoms with van der Waals surface area (Å²) in [5.74, 6) is -0.790. The van der Waals surface area contributed by atoms with Crippen LogP contribution in [-0.4, -0.2) is 57.4 Å². The lowest BCUT2D eigenvalue weighted by molar-refractivity contribution is -0.206. The van der Waals surface area contributed by atoms with Crippen LogP contribution in [0.4, 0.5) is 4.39 Å². The summed E-state index contributed by atoms with van der Waals surface area (Å²) in [6.07, 6.45) is -4.84. The van der Waals surface area contributed by atoms with Crippen molar-refractivity contribution in [2.75, 3.05) is 6.61 Å². The topological polar surface area (TPSA) is 164 Å². The maximum atomic E-state index is 15.8. The lowest BCUT2D eigenvalue weighted by Crippen LogP contribution is -2.46. The molecule has 3 rings (SSSR count). The Morgan fingerprint density at radius 3 is 2.74 bits per heavy atom. The molecule has 0 radical (unpaired) electrons. The molecule has 1 fully saturated rings. The van der Waals surface area contributed by atoms with Crippen LogP contribution in [0.5, 0.6) is 5.75 Å². The smallest absolute Gasteiger partial charge is 0.346 e. The number of hydrogen-bond donors (Lipinski definition) is 2. The molecule has 1 saturated heterocycles. The van der Waals surface area contributed by atoms with Gasteiger partial charge in [-0.05, 0) is 38.5 Å². The van der Waals surface area contributed by atoms with Crippen LogP contribution in [0.2, 0.25) is 10.0 Å². The summed E-state index contributed by atoms with van der Waals surface area (Å²) in [4.78, 5) is 50.6. The molecule has 0 aliphatic carbocycles. The highest BCUT2D eigenvalue weighted by atomic mass is 35.5. The average molecular weight is 610 g/mol. The van der Waals surface area contributed by atoms with Gasteiger partial charge in [-0.1, -0.05) is 41.3 Å². The molecule has 12 nitrogen and oxygen atoms in total. The molecular formula is C23H27Cl2FN3O9P. The van der Waals surface area contributed by atoms with Gasteiger partial charge in [0.1, 0.15) is 11.9 Å². The number of ether oxygens (including phenoxy) is 3. The fraction of sp³-hybridized carbons (Fsp3) is 0.522. The van der Waals surface area contributed by atoms with Crippen molar-refractivity contribution in [1.82, 2.24) is 9.55 Å². The number of nitrogens with zero attached hydrogens (tertiary/aromatic N) is 2. The van der Waals surface area contributed by atoms with E-state index in [1.54, 1.807) is 0 Å². The minimum atomic E-state index is -3.02. The number of aliphatic hydroxyl groups is 1. The minimum absolute atomic E-state index is 0.0000338. The van der Waals surface area contributed by atoms with E-state index in [1.807, 2.05) is 11.9 Å². The van der Waals surface area contributed by atoms with Gasteiger partial charge in [-0.3, -0.25) is 14.3 Å². The number of aliphatic hydroxyl groups excluding tert-OH is 1. The lowest BCUT2D eigenvalue weighted by atomic mass is 9.98. The number of unbranched alkanes of at least 4 members (excludes halogenated alkanes) is 1. The van der Waals surface area contributed by atoms with Gasteiger partial charge >= 0.3 is 19.8 Å². The molecule has 0 saturated carbocycles. The number of rotatable bonds is 11. The molecule has 16 heteroatoms. The number of alkyl halides is 1. The maximum Gasteiger partial charge on any atom is 0.346 e. The molecule has 1 aromatic heterocycles. The van der Waals surface area contributed by atoms with Gasteiger partial charge in [0.15, 0.2) is 24.0 Å². The van der Waals surface area contributed by atoms with E-state index >= 15 is 4.39 Å². The Bertz CT molecular complexity index is 1320.